The first kappa shape index (κ1) is 20.9. The summed E-state index contributed by atoms with van der Waals surface area (Å²) in [4.78, 5) is 14.5. The molecule has 1 atom stereocenters. The molecular weight excluding hydrogens is 350 g/mol. The molecule has 2 rings (SSSR count). The van der Waals surface area contributed by atoms with Crippen LogP contribution in [0.15, 0.2) is 29.2 Å². The van der Waals surface area contributed by atoms with Gasteiger partial charge >= 0.3 is 0 Å². The molecule has 1 aromatic rings. The van der Waals surface area contributed by atoms with Crippen LogP contribution in [-0.4, -0.2) is 56.3 Å². The number of piperidine rings is 1. The molecule has 1 fully saturated rings. The van der Waals surface area contributed by atoms with Crippen LogP contribution in [0.1, 0.15) is 50.4 Å². The number of sulfonamides is 1. The van der Waals surface area contributed by atoms with Gasteiger partial charge in [0.1, 0.15) is 0 Å². The summed E-state index contributed by atoms with van der Waals surface area (Å²) in [5, 5.41) is 0. The molecule has 1 aliphatic heterocycles. The van der Waals surface area contributed by atoms with Gasteiger partial charge in [0.15, 0.2) is 0 Å². The lowest BCUT2D eigenvalue weighted by Crippen LogP contribution is -2.42. The highest BCUT2D eigenvalue weighted by atomic mass is 32.2. The van der Waals surface area contributed by atoms with Gasteiger partial charge in [-0.2, -0.15) is 4.31 Å². The van der Waals surface area contributed by atoms with E-state index in [1.165, 1.54) is 6.07 Å². The molecule has 0 saturated carbocycles. The fourth-order valence-electron chi connectivity index (χ4n) is 3.35. The molecule has 26 heavy (non-hydrogen) atoms. The van der Waals surface area contributed by atoms with Crippen molar-refractivity contribution < 1.29 is 13.2 Å². The van der Waals surface area contributed by atoms with Crippen LogP contribution >= 0.6 is 0 Å². The smallest absolute Gasteiger partial charge is 0.253 e. The van der Waals surface area contributed by atoms with Crippen molar-refractivity contribution in [3.8, 4) is 0 Å². The minimum Gasteiger partial charge on any atom is -0.341 e. The van der Waals surface area contributed by atoms with Gasteiger partial charge in [0.25, 0.3) is 5.91 Å². The lowest BCUT2D eigenvalue weighted by Gasteiger charge is -2.32. The van der Waals surface area contributed by atoms with E-state index in [9.17, 15) is 13.2 Å². The second-order valence-electron chi connectivity index (χ2n) is 8.02. The van der Waals surface area contributed by atoms with Crippen molar-refractivity contribution in [2.24, 2.45) is 11.1 Å². The standard InChI is InChI=1S/C19H31N3O3S/c1-15-8-5-6-11-22(15)26(24,25)17-10-7-9-16(12-17)18(23)21(4)14-19(2,3)13-20/h7,9-10,12,15H,5-6,8,11,13-14,20H2,1-4H3. The summed E-state index contributed by atoms with van der Waals surface area (Å²) in [6, 6.07) is 6.34. The average molecular weight is 382 g/mol. The van der Waals surface area contributed by atoms with Gasteiger partial charge < -0.3 is 10.6 Å². The number of carbonyl (C=O) groups excluding carboxylic acids is 1. The molecule has 0 aliphatic carbocycles. The van der Waals surface area contributed by atoms with E-state index in [0.717, 1.165) is 19.3 Å². The zero-order valence-electron chi connectivity index (χ0n) is 16.2. The van der Waals surface area contributed by atoms with Gasteiger partial charge in [0.2, 0.25) is 10.0 Å². The SMILES string of the molecule is CC1CCCCN1S(=O)(=O)c1cccc(C(=O)N(C)CC(C)(C)CN)c1. The molecule has 0 aromatic heterocycles. The fourth-order valence-corrected chi connectivity index (χ4v) is 5.10. The van der Waals surface area contributed by atoms with E-state index in [2.05, 4.69) is 0 Å². The van der Waals surface area contributed by atoms with E-state index in [1.807, 2.05) is 20.8 Å². The Hall–Kier alpha value is -1.44. The van der Waals surface area contributed by atoms with Gasteiger partial charge in [0, 0.05) is 31.7 Å². The Balaban J connectivity index is 2.25. The quantitative estimate of drug-likeness (QED) is 0.819. The number of amides is 1. The molecule has 1 unspecified atom stereocenters. The van der Waals surface area contributed by atoms with Crippen molar-refractivity contribution in [1.29, 1.82) is 0 Å². The van der Waals surface area contributed by atoms with Crippen LogP contribution < -0.4 is 5.73 Å². The molecule has 1 aliphatic rings. The molecule has 0 spiro atoms. The van der Waals surface area contributed by atoms with Crippen molar-refractivity contribution in [3.63, 3.8) is 0 Å². The highest BCUT2D eigenvalue weighted by Crippen LogP contribution is 2.26. The Kier molecular flexibility index (Phi) is 6.47. The molecule has 1 heterocycles. The Morgan fingerprint density at radius 2 is 2.04 bits per heavy atom. The Morgan fingerprint density at radius 1 is 1.35 bits per heavy atom. The first-order valence-electron chi connectivity index (χ1n) is 9.16. The van der Waals surface area contributed by atoms with Crippen LogP contribution in [0.4, 0.5) is 0 Å². The van der Waals surface area contributed by atoms with E-state index in [1.54, 1.807) is 34.5 Å². The van der Waals surface area contributed by atoms with E-state index in [0.29, 0.717) is 25.2 Å². The fraction of sp³-hybridized carbons (Fsp3) is 0.632. The van der Waals surface area contributed by atoms with Crippen LogP contribution in [0.25, 0.3) is 0 Å². The lowest BCUT2D eigenvalue weighted by molar-refractivity contribution is 0.0740. The third-order valence-corrected chi connectivity index (χ3v) is 7.00. The van der Waals surface area contributed by atoms with Gasteiger partial charge in [-0.1, -0.05) is 26.3 Å². The summed E-state index contributed by atoms with van der Waals surface area (Å²) in [5.41, 5.74) is 5.93. The maximum Gasteiger partial charge on any atom is 0.253 e. The Bertz CT molecular complexity index is 746. The van der Waals surface area contributed by atoms with Gasteiger partial charge in [-0.3, -0.25) is 4.79 Å². The number of hydrogen-bond donors (Lipinski definition) is 1. The monoisotopic (exact) mass is 381 g/mol. The summed E-state index contributed by atoms with van der Waals surface area (Å²) in [7, 11) is -1.87. The van der Waals surface area contributed by atoms with Gasteiger partial charge in [-0.25, -0.2) is 8.42 Å². The predicted octanol–water partition coefficient (Wildman–Crippen LogP) is 2.31. The van der Waals surface area contributed by atoms with E-state index < -0.39 is 10.0 Å². The average Bonchev–Trinajstić information content (AvgIpc) is 2.61. The number of carbonyl (C=O) groups is 1. The molecular formula is C19H31N3O3S. The minimum absolute atomic E-state index is 0.0128. The molecule has 2 N–H and O–H groups in total. The zero-order chi connectivity index (χ0) is 19.5. The second-order valence-corrected chi connectivity index (χ2v) is 9.91. The second kappa shape index (κ2) is 8.06. The number of benzene rings is 1. The highest BCUT2D eigenvalue weighted by Gasteiger charge is 2.31. The molecule has 0 radical (unpaired) electrons. The predicted molar refractivity (Wildman–Crippen MR) is 103 cm³/mol. The zero-order valence-corrected chi connectivity index (χ0v) is 17.1. The van der Waals surface area contributed by atoms with Crippen LogP contribution in [0.5, 0.6) is 0 Å². The summed E-state index contributed by atoms with van der Waals surface area (Å²) in [5.74, 6) is -0.199. The highest BCUT2D eigenvalue weighted by molar-refractivity contribution is 7.89. The van der Waals surface area contributed by atoms with Gasteiger partial charge in [-0.15, -0.1) is 0 Å². The van der Waals surface area contributed by atoms with Gasteiger partial charge in [0.05, 0.1) is 4.90 Å². The summed E-state index contributed by atoms with van der Waals surface area (Å²) >= 11 is 0. The lowest BCUT2D eigenvalue weighted by atomic mass is 9.93. The molecule has 6 nitrogen and oxygen atoms in total. The van der Waals surface area contributed by atoms with Gasteiger partial charge in [-0.05, 0) is 49.9 Å². The number of nitrogens with zero attached hydrogens (tertiary/aromatic N) is 2. The van der Waals surface area contributed by atoms with Crippen LogP contribution in [0.3, 0.4) is 0 Å². The van der Waals surface area contributed by atoms with E-state index in [4.69, 9.17) is 5.73 Å². The molecule has 1 amide bonds. The first-order valence-corrected chi connectivity index (χ1v) is 10.6. The maximum atomic E-state index is 13.0. The molecule has 1 saturated heterocycles. The normalized spacial score (nSPS) is 19.3. The summed E-state index contributed by atoms with van der Waals surface area (Å²) in [6.45, 7) is 7.43. The van der Waals surface area contributed by atoms with E-state index >= 15 is 0 Å². The van der Waals surface area contributed by atoms with Crippen LogP contribution in [0.2, 0.25) is 0 Å². The largest absolute Gasteiger partial charge is 0.341 e. The number of hydrogen-bond acceptors (Lipinski definition) is 4. The number of rotatable bonds is 6. The maximum absolute atomic E-state index is 13.0. The molecule has 0 bridgehead atoms. The van der Waals surface area contributed by atoms with E-state index in [-0.39, 0.29) is 22.3 Å². The third kappa shape index (κ3) is 4.64. The molecule has 146 valence electrons. The van der Waals surface area contributed by atoms with Crippen molar-refractivity contribution >= 4 is 15.9 Å². The van der Waals surface area contributed by atoms with Crippen LogP contribution in [0, 0.1) is 5.41 Å². The minimum atomic E-state index is -3.59. The Labute approximate surface area is 157 Å². The topological polar surface area (TPSA) is 83.7 Å². The summed E-state index contributed by atoms with van der Waals surface area (Å²) < 4.78 is 27.6. The Morgan fingerprint density at radius 3 is 2.65 bits per heavy atom. The summed E-state index contributed by atoms with van der Waals surface area (Å²) in [6.07, 6.45) is 2.79. The van der Waals surface area contributed by atoms with Crippen molar-refractivity contribution in [1.82, 2.24) is 9.21 Å². The van der Waals surface area contributed by atoms with Crippen molar-refractivity contribution in [2.45, 2.75) is 51.0 Å². The molecule has 7 heteroatoms. The van der Waals surface area contributed by atoms with Crippen molar-refractivity contribution in [2.75, 3.05) is 26.7 Å². The van der Waals surface area contributed by atoms with Crippen molar-refractivity contribution in [3.05, 3.63) is 29.8 Å². The molecule has 1 aromatic carbocycles. The first-order chi connectivity index (χ1) is 12.1. The number of nitrogens with two attached hydrogens (primary N) is 1. The van der Waals surface area contributed by atoms with Crippen LogP contribution in [-0.2, 0) is 10.0 Å². The third-order valence-electron chi connectivity index (χ3n) is 4.99.